The van der Waals surface area contributed by atoms with Crippen molar-refractivity contribution in [2.75, 3.05) is 6.61 Å². The van der Waals surface area contributed by atoms with E-state index in [9.17, 15) is 9.59 Å². The van der Waals surface area contributed by atoms with Crippen molar-refractivity contribution in [2.24, 2.45) is 11.7 Å². The van der Waals surface area contributed by atoms with Gasteiger partial charge in [0.2, 0.25) is 0 Å². The first-order valence-electron chi connectivity index (χ1n) is 5.15. The van der Waals surface area contributed by atoms with Crippen LogP contribution in [0.2, 0.25) is 0 Å². The van der Waals surface area contributed by atoms with Gasteiger partial charge in [-0.25, -0.2) is 0 Å². The van der Waals surface area contributed by atoms with Crippen molar-refractivity contribution in [3.8, 4) is 0 Å². The molecule has 3 N–H and O–H groups in total. The van der Waals surface area contributed by atoms with Crippen molar-refractivity contribution < 1.29 is 19.4 Å². The molecule has 0 atom stereocenters. The Kier molecular flexibility index (Phi) is 7.62. The molecular formula is C10H19NO4. The van der Waals surface area contributed by atoms with E-state index in [0.717, 1.165) is 25.7 Å². The summed E-state index contributed by atoms with van der Waals surface area (Å²) in [5.74, 6) is -0.785. The average molecular weight is 217 g/mol. The molecule has 5 nitrogen and oxygen atoms in total. The Morgan fingerprint density at radius 1 is 1.47 bits per heavy atom. The van der Waals surface area contributed by atoms with Gasteiger partial charge in [0.15, 0.2) is 0 Å². The van der Waals surface area contributed by atoms with E-state index in [2.05, 4.69) is 4.74 Å². The van der Waals surface area contributed by atoms with E-state index >= 15 is 0 Å². The standard InChI is InChI=1S/C7H13NO2.C3H6O2/c8-6-3-1-5(2-4-6)7(9)10;1-2-5-3-4/h5-6H,1-4,8H2,(H,9,10);3H,2H2,1H3. The van der Waals surface area contributed by atoms with Crippen LogP contribution < -0.4 is 5.73 Å². The Morgan fingerprint density at radius 2 is 2.00 bits per heavy atom. The minimum atomic E-state index is -0.660. The lowest BCUT2D eigenvalue weighted by Crippen LogP contribution is -2.29. The molecule has 0 spiro atoms. The van der Waals surface area contributed by atoms with Gasteiger partial charge in [-0.15, -0.1) is 0 Å². The first-order valence-corrected chi connectivity index (χ1v) is 5.15. The highest BCUT2D eigenvalue weighted by molar-refractivity contribution is 5.70. The quantitative estimate of drug-likeness (QED) is 0.681. The summed E-state index contributed by atoms with van der Waals surface area (Å²) in [4.78, 5) is 19.6. The first kappa shape index (κ1) is 13.9. The highest BCUT2D eigenvalue weighted by Crippen LogP contribution is 2.22. The lowest BCUT2D eigenvalue weighted by Gasteiger charge is -2.22. The van der Waals surface area contributed by atoms with Gasteiger partial charge >= 0.3 is 5.97 Å². The number of carboxylic acids is 1. The van der Waals surface area contributed by atoms with Gasteiger partial charge in [0.25, 0.3) is 6.47 Å². The Labute approximate surface area is 89.6 Å². The molecule has 1 rings (SSSR count). The maximum Gasteiger partial charge on any atom is 0.306 e. The number of hydrogen-bond acceptors (Lipinski definition) is 4. The number of aliphatic carboxylic acids is 1. The maximum atomic E-state index is 10.4. The molecule has 0 radical (unpaired) electrons. The number of ether oxygens (including phenoxy) is 1. The van der Waals surface area contributed by atoms with E-state index < -0.39 is 5.97 Å². The summed E-state index contributed by atoms with van der Waals surface area (Å²) in [7, 11) is 0. The van der Waals surface area contributed by atoms with Gasteiger partial charge in [0.05, 0.1) is 12.5 Å². The molecular weight excluding hydrogens is 198 g/mol. The minimum absolute atomic E-state index is 0.125. The summed E-state index contributed by atoms with van der Waals surface area (Å²) in [5, 5.41) is 8.58. The maximum absolute atomic E-state index is 10.4. The number of nitrogens with two attached hydrogens (primary N) is 1. The molecule has 88 valence electrons. The van der Waals surface area contributed by atoms with Gasteiger partial charge in [-0.05, 0) is 32.6 Å². The van der Waals surface area contributed by atoms with E-state index in [1.54, 1.807) is 6.92 Å². The summed E-state index contributed by atoms with van der Waals surface area (Å²) in [6.45, 7) is 2.66. The zero-order chi connectivity index (χ0) is 11.7. The van der Waals surface area contributed by atoms with Gasteiger partial charge in [0, 0.05) is 6.04 Å². The van der Waals surface area contributed by atoms with Crippen molar-refractivity contribution in [1.82, 2.24) is 0 Å². The summed E-state index contributed by atoms with van der Waals surface area (Å²) in [6.07, 6.45) is 3.26. The average Bonchev–Trinajstić information content (AvgIpc) is 2.20. The number of hydrogen-bond donors (Lipinski definition) is 2. The molecule has 0 saturated heterocycles. The highest BCUT2D eigenvalue weighted by atomic mass is 16.5. The lowest BCUT2D eigenvalue weighted by atomic mass is 9.87. The summed E-state index contributed by atoms with van der Waals surface area (Å²) in [6, 6.07) is 0.246. The molecule has 0 aliphatic heterocycles. The smallest absolute Gasteiger partial charge is 0.306 e. The summed E-state index contributed by atoms with van der Waals surface area (Å²) >= 11 is 0. The molecule has 0 aromatic carbocycles. The number of carbonyl (C=O) groups excluding carboxylic acids is 1. The monoisotopic (exact) mass is 217 g/mol. The molecule has 0 amide bonds. The predicted octanol–water partition coefficient (Wildman–Crippen LogP) is 0.768. The van der Waals surface area contributed by atoms with Crippen LogP contribution in [0.3, 0.4) is 0 Å². The third kappa shape index (κ3) is 6.90. The fourth-order valence-corrected chi connectivity index (χ4v) is 1.43. The van der Waals surface area contributed by atoms with Crippen LogP contribution in [-0.2, 0) is 14.3 Å². The van der Waals surface area contributed by atoms with E-state index in [-0.39, 0.29) is 12.0 Å². The molecule has 15 heavy (non-hydrogen) atoms. The Balaban J connectivity index is 0.000000336. The van der Waals surface area contributed by atoms with E-state index in [4.69, 9.17) is 10.8 Å². The first-order chi connectivity index (χ1) is 7.11. The Hall–Kier alpha value is -1.10. The molecule has 0 heterocycles. The summed E-state index contributed by atoms with van der Waals surface area (Å²) in [5.41, 5.74) is 5.60. The van der Waals surface area contributed by atoms with Crippen LogP contribution in [0.5, 0.6) is 0 Å². The largest absolute Gasteiger partial charge is 0.481 e. The van der Waals surface area contributed by atoms with Crippen LogP contribution >= 0.6 is 0 Å². The summed E-state index contributed by atoms with van der Waals surface area (Å²) < 4.78 is 4.15. The zero-order valence-electron chi connectivity index (χ0n) is 9.02. The molecule has 1 saturated carbocycles. The number of rotatable bonds is 3. The van der Waals surface area contributed by atoms with Crippen LogP contribution in [-0.4, -0.2) is 30.2 Å². The van der Waals surface area contributed by atoms with Crippen molar-refractivity contribution >= 4 is 12.4 Å². The van der Waals surface area contributed by atoms with Crippen molar-refractivity contribution in [3.05, 3.63) is 0 Å². The van der Waals surface area contributed by atoms with Gasteiger partial charge in [-0.1, -0.05) is 0 Å². The second-order valence-electron chi connectivity index (χ2n) is 3.50. The Bertz CT molecular complexity index is 188. The van der Waals surface area contributed by atoms with Crippen LogP contribution in [0.25, 0.3) is 0 Å². The topological polar surface area (TPSA) is 89.6 Å². The van der Waals surface area contributed by atoms with Gasteiger partial charge in [-0.3, -0.25) is 9.59 Å². The fourth-order valence-electron chi connectivity index (χ4n) is 1.43. The van der Waals surface area contributed by atoms with E-state index in [0.29, 0.717) is 13.1 Å². The van der Waals surface area contributed by atoms with Crippen LogP contribution in [0.4, 0.5) is 0 Å². The molecule has 0 unspecified atom stereocenters. The molecule has 1 aliphatic carbocycles. The molecule has 1 aliphatic rings. The number of carbonyl (C=O) groups is 2. The van der Waals surface area contributed by atoms with Crippen LogP contribution in [0.15, 0.2) is 0 Å². The van der Waals surface area contributed by atoms with Gasteiger partial charge in [0.1, 0.15) is 0 Å². The lowest BCUT2D eigenvalue weighted by molar-refractivity contribution is -0.142. The van der Waals surface area contributed by atoms with Crippen LogP contribution in [0.1, 0.15) is 32.6 Å². The molecule has 0 bridgehead atoms. The van der Waals surface area contributed by atoms with Crippen molar-refractivity contribution in [2.45, 2.75) is 38.6 Å². The normalized spacial score (nSPS) is 24.7. The zero-order valence-corrected chi connectivity index (χ0v) is 9.02. The van der Waals surface area contributed by atoms with Crippen molar-refractivity contribution in [3.63, 3.8) is 0 Å². The van der Waals surface area contributed by atoms with Gasteiger partial charge < -0.3 is 15.6 Å². The highest BCUT2D eigenvalue weighted by Gasteiger charge is 2.23. The molecule has 5 heteroatoms. The van der Waals surface area contributed by atoms with Crippen molar-refractivity contribution in [1.29, 1.82) is 0 Å². The fraction of sp³-hybridized carbons (Fsp3) is 0.800. The predicted molar refractivity (Wildman–Crippen MR) is 55.3 cm³/mol. The SMILES string of the molecule is CCOC=O.NC1CCC(C(=O)O)CC1. The van der Waals surface area contributed by atoms with Crippen LogP contribution in [0, 0.1) is 5.92 Å². The van der Waals surface area contributed by atoms with Gasteiger partial charge in [-0.2, -0.15) is 0 Å². The third-order valence-corrected chi connectivity index (χ3v) is 2.36. The second kappa shape index (κ2) is 8.23. The van der Waals surface area contributed by atoms with E-state index in [1.807, 2.05) is 0 Å². The molecule has 1 fully saturated rings. The minimum Gasteiger partial charge on any atom is -0.481 e. The number of carboxylic acid groups (broad SMARTS) is 1. The second-order valence-corrected chi connectivity index (χ2v) is 3.50. The molecule has 0 aromatic rings. The molecule has 0 aromatic heterocycles. The third-order valence-electron chi connectivity index (χ3n) is 2.36. The Morgan fingerprint density at radius 3 is 2.27 bits per heavy atom. The van der Waals surface area contributed by atoms with E-state index in [1.165, 1.54) is 0 Å².